The van der Waals surface area contributed by atoms with Gasteiger partial charge in [0.25, 0.3) is 0 Å². The first-order valence-corrected chi connectivity index (χ1v) is 6.30. The lowest BCUT2D eigenvalue weighted by Crippen LogP contribution is -2.42. The predicted octanol–water partition coefficient (Wildman–Crippen LogP) is -0.725. The number of anilines is 1. The van der Waals surface area contributed by atoms with E-state index in [9.17, 15) is 13.2 Å². The van der Waals surface area contributed by atoms with E-state index >= 15 is 0 Å². The Morgan fingerprint density at radius 1 is 1.53 bits per heavy atom. The third kappa shape index (κ3) is 3.40. The van der Waals surface area contributed by atoms with E-state index < -0.39 is 22.0 Å². The molecule has 1 rings (SSSR count). The summed E-state index contributed by atoms with van der Waals surface area (Å²) >= 11 is 0. The lowest BCUT2D eigenvalue weighted by molar-refractivity contribution is -0.119. The molecule has 0 fully saturated rings. The van der Waals surface area contributed by atoms with Gasteiger partial charge >= 0.3 is 0 Å². The predicted molar refractivity (Wildman–Crippen MR) is 62.8 cm³/mol. The quantitative estimate of drug-likeness (QED) is 0.644. The van der Waals surface area contributed by atoms with Crippen LogP contribution >= 0.6 is 0 Å². The molecule has 94 valence electrons. The minimum Gasteiger partial charge on any atom is -0.373 e. The number of primary amides is 1. The van der Waals surface area contributed by atoms with E-state index in [1.54, 1.807) is 7.05 Å². The van der Waals surface area contributed by atoms with Crippen molar-refractivity contribution < 1.29 is 13.2 Å². The maximum absolute atomic E-state index is 11.8. The Morgan fingerprint density at radius 3 is 2.71 bits per heavy atom. The Morgan fingerprint density at radius 2 is 2.18 bits per heavy atom. The number of nitrogens with one attached hydrogen (secondary N) is 2. The molecular weight excluding hydrogens is 244 g/mol. The highest BCUT2D eigenvalue weighted by atomic mass is 32.2. The molecule has 0 spiro atoms. The van der Waals surface area contributed by atoms with E-state index in [0.29, 0.717) is 5.82 Å². The van der Waals surface area contributed by atoms with Crippen molar-refractivity contribution in [2.24, 2.45) is 5.73 Å². The molecule has 0 aliphatic heterocycles. The van der Waals surface area contributed by atoms with Crippen LogP contribution in [0.1, 0.15) is 6.92 Å². The Labute approximate surface area is 99.5 Å². The molecule has 0 saturated heterocycles. The maximum atomic E-state index is 11.8. The zero-order valence-electron chi connectivity index (χ0n) is 9.47. The fourth-order valence-electron chi connectivity index (χ4n) is 1.07. The van der Waals surface area contributed by atoms with E-state index in [0.717, 1.165) is 0 Å². The van der Waals surface area contributed by atoms with E-state index in [1.165, 1.54) is 25.3 Å². The zero-order valence-corrected chi connectivity index (χ0v) is 10.3. The van der Waals surface area contributed by atoms with Gasteiger partial charge in [0, 0.05) is 19.3 Å². The Bertz CT molecular complexity index is 515. The van der Waals surface area contributed by atoms with Crippen LogP contribution in [0.25, 0.3) is 0 Å². The second-order valence-corrected chi connectivity index (χ2v) is 5.09. The van der Waals surface area contributed by atoms with Crippen LogP contribution in [0, 0.1) is 0 Å². The van der Waals surface area contributed by atoms with Crippen LogP contribution in [0.5, 0.6) is 0 Å². The number of nitrogens with two attached hydrogens (primary N) is 1. The fourth-order valence-corrected chi connectivity index (χ4v) is 2.30. The first-order chi connectivity index (χ1) is 7.86. The van der Waals surface area contributed by atoms with Crippen LogP contribution in [0.15, 0.2) is 23.2 Å². The van der Waals surface area contributed by atoms with E-state index in [1.807, 2.05) is 0 Å². The van der Waals surface area contributed by atoms with E-state index in [-0.39, 0.29) is 4.90 Å². The van der Waals surface area contributed by atoms with Crippen LogP contribution in [-0.4, -0.2) is 32.4 Å². The first kappa shape index (κ1) is 13.4. The number of aromatic nitrogens is 1. The minimum absolute atomic E-state index is 0.0185. The van der Waals surface area contributed by atoms with Gasteiger partial charge in [0.2, 0.25) is 15.9 Å². The number of carbonyl (C=O) groups is 1. The maximum Gasteiger partial charge on any atom is 0.241 e. The first-order valence-electron chi connectivity index (χ1n) is 4.82. The standard InChI is InChI=1S/C9H14N4O3S/c1-6(9(10)14)13-17(15,16)7-3-4-12-8(5-7)11-2/h3-6,13H,1-2H3,(H2,10,14)(H,11,12). The highest BCUT2D eigenvalue weighted by Crippen LogP contribution is 2.12. The summed E-state index contributed by atoms with van der Waals surface area (Å²) in [5, 5.41) is 2.72. The normalized spacial score (nSPS) is 13.1. The van der Waals surface area contributed by atoms with Crippen molar-refractivity contribution in [3.8, 4) is 0 Å². The molecule has 0 radical (unpaired) electrons. The summed E-state index contributed by atoms with van der Waals surface area (Å²) in [6.07, 6.45) is 1.36. The SMILES string of the molecule is CNc1cc(S(=O)(=O)NC(C)C(N)=O)ccn1. The minimum atomic E-state index is -3.77. The number of hydrogen-bond acceptors (Lipinski definition) is 5. The zero-order chi connectivity index (χ0) is 13.1. The van der Waals surface area contributed by atoms with Gasteiger partial charge in [-0.2, -0.15) is 4.72 Å². The highest BCUT2D eigenvalue weighted by Gasteiger charge is 2.20. The molecule has 1 heterocycles. The van der Waals surface area contributed by atoms with Crippen molar-refractivity contribution in [3.63, 3.8) is 0 Å². The third-order valence-electron chi connectivity index (χ3n) is 2.06. The van der Waals surface area contributed by atoms with Crippen LogP contribution in [0.4, 0.5) is 5.82 Å². The smallest absolute Gasteiger partial charge is 0.241 e. The average Bonchev–Trinajstić information content (AvgIpc) is 2.28. The molecule has 4 N–H and O–H groups in total. The number of carbonyl (C=O) groups excluding carboxylic acids is 1. The summed E-state index contributed by atoms with van der Waals surface area (Å²) in [6.45, 7) is 1.38. The summed E-state index contributed by atoms with van der Waals surface area (Å²) in [5.41, 5.74) is 4.99. The second-order valence-electron chi connectivity index (χ2n) is 3.37. The molecule has 0 aliphatic rings. The summed E-state index contributed by atoms with van der Waals surface area (Å²) in [7, 11) is -2.14. The Kier molecular flexibility index (Phi) is 4.02. The molecule has 1 amide bonds. The largest absolute Gasteiger partial charge is 0.373 e. The summed E-state index contributed by atoms with van der Waals surface area (Å²) in [4.78, 5) is 14.7. The van der Waals surface area contributed by atoms with Gasteiger partial charge in [-0.15, -0.1) is 0 Å². The lowest BCUT2D eigenvalue weighted by Gasteiger charge is -2.11. The van der Waals surface area contributed by atoms with Crippen molar-refractivity contribution >= 4 is 21.7 Å². The summed E-state index contributed by atoms with van der Waals surface area (Å²) < 4.78 is 25.8. The molecule has 1 aromatic rings. The molecule has 0 aromatic carbocycles. The summed E-state index contributed by atoms with van der Waals surface area (Å²) in [6, 6.07) is 1.72. The van der Waals surface area contributed by atoms with Crippen molar-refractivity contribution in [2.45, 2.75) is 17.9 Å². The van der Waals surface area contributed by atoms with Crippen molar-refractivity contribution in [3.05, 3.63) is 18.3 Å². The molecule has 8 heteroatoms. The van der Waals surface area contributed by atoms with Crippen molar-refractivity contribution in [2.75, 3.05) is 12.4 Å². The van der Waals surface area contributed by atoms with Gasteiger partial charge in [0.15, 0.2) is 0 Å². The van der Waals surface area contributed by atoms with Gasteiger partial charge in [0.05, 0.1) is 10.9 Å². The molecule has 0 saturated carbocycles. The van der Waals surface area contributed by atoms with Gasteiger partial charge in [-0.3, -0.25) is 4.79 Å². The highest BCUT2D eigenvalue weighted by molar-refractivity contribution is 7.89. The molecule has 17 heavy (non-hydrogen) atoms. The average molecular weight is 258 g/mol. The van der Waals surface area contributed by atoms with Crippen LogP contribution in [0.2, 0.25) is 0 Å². The van der Waals surface area contributed by atoms with E-state index in [2.05, 4.69) is 15.0 Å². The number of rotatable bonds is 5. The third-order valence-corrected chi connectivity index (χ3v) is 3.59. The molecule has 0 aliphatic carbocycles. The van der Waals surface area contributed by atoms with Gasteiger partial charge in [-0.1, -0.05) is 0 Å². The summed E-state index contributed by atoms with van der Waals surface area (Å²) in [5.74, 6) is -0.323. The van der Waals surface area contributed by atoms with Crippen molar-refractivity contribution in [1.29, 1.82) is 0 Å². The Hall–Kier alpha value is -1.67. The monoisotopic (exact) mass is 258 g/mol. The topological polar surface area (TPSA) is 114 Å². The van der Waals surface area contributed by atoms with Gasteiger partial charge < -0.3 is 11.1 Å². The van der Waals surface area contributed by atoms with Gasteiger partial charge in [-0.25, -0.2) is 13.4 Å². The molecule has 1 atom stereocenters. The molecule has 1 aromatic heterocycles. The van der Waals surface area contributed by atoms with Crippen LogP contribution < -0.4 is 15.8 Å². The number of pyridine rings is 1. The van der Waals surface area contributed by atoms with Gasteiger partial charge in [-0.05, 0) is 13.0 Å². The lowest BCUT2D eigenvalue weighted by atomic mass is 10.4. The fraction of sp³-hybridized carbons (Fsp3) is 0.333. The molecular formula is C9H14N4O3S. The second kappa shape index (κ2) is 5.11. The molecule has 7 nitrogen and oxygen atoms in total. The molecule has 1 unspecified atom stereocenters. The Balaban J connectivity index is 3.01. The number of hydrogen-bond donors (Lipinski definition) is 3. The van der Waals surface area contributed by atoms with Gasteiger partial charge in [0.1, 0.15) is 5.82 Å². The van der Waals surface area contributed by atoms with Crippen LogP contribution in [-0.2, 0) is 14.8 Å². The number of sulfonamides is 1. The van der Waals surface area contributed by atoms with Crippen LogP contribution in [0.3, 0.4) is 0 Å². The number of nitrogens with zero attached hydrogens (tertiary/aromatic N) is 1. The number of amides is 1. The van der Waals surface area contributed by atoms with E-state index in [4.69, 9.17) is 5.73 Å². The van der Waals surface area contributed by atoms with Crippen molar-refractivity contribution in [1.82, 2.24) is 9.71 Å². The molecule has 0 bridgehead atoms.